The summed E-state index contributed by atoms with van der Waals surface area (Å²) < 4.78 is 0.718. The highest BCUT2D eigenvalue weighted by molar-refractivity contribution is 9.10. The first kappa shape index (κ1) is 13.6. The normalized spacial score (nSPS) is 11.5. The van der Waals surface area contributed by atoms with E-state index >= 15 is 0 Å². The number of hydrogen-bond donors (Lipinski definition) is 3. The van der Waals surface area contributed by atoms with E-state index in [0.29, 0.717) is 11.3 Å². The van der Waals surface area contributed by atoms with Gasteiger partial charge in [0.15, 0.2) is 0 Å². The van der Waals surface area contributed by atoms with Gasteiger partial charge in [-0.1, -0.05) is 6.92 Å². The van der Waals surface area contributed by atoms with Gasteiger partial charge in [0.05, 0.1) is 18.8 Å². The highest BCUT2D eigenvalue weighted by Crippen LogP contribution is 2.23. The van der Waals surface area contributed by atoms with Gasteiger partial charge in [-0.3, -0.25) is 4.79 Å². The molecule has 90 valence electrons. The molecule has 0 aliphatic heterocycles. The summed E-state index contributed by atoms with van der Waals surface area (Å²) >= 11 is 4.57. The predicted molar refractivity (Wildman–Crippen MR) is 66.7 cm³/mol. The lowest BCUT2D eigenvalue weighted by Gasteiger charge is -2.29. The highest BCUT2D eigenvalue weighted by Gasteiger charge is 2.29. The number of amides is 1. The van der Waals surface area contributed by atoms with Gasteiger partial charge in [0.1, 0.15) is 4.88 Å². The molecule has 0 saturated heterocycles. The molecule has 1 rings (SSSR count). The number of rotatable bonds is 5. The minimum atomic E-state index is -0.944. The standard InChI is InChI=1S/C10H14BrNO3S/c1-2-10(5-13,6-14)12-9(15)8-7(11)3-4-16-8/h3-4,13-14H,2,5-6H2,1H3,(H,12,15). The molecule has 3 N–H and O–H groups in total. The zero-order chi connectivity index (χ0) is 12.2. The van der Waals surface area contributed by atoms with Gasteiger partial charge in [-0.15, -0.1) is 11.3 Å². The van der Waals surface area contributed by atoms with E-state index in [9.17, 15) is 15.0 Å². The lowest BCUT2D eigenvalue weighted by atomic mass is 9.98. The number of carbonyl (C=O) groups is 1. The van der Waals surface area contributed by atoms with Crippen molar-refractivity contribution >= 4 is 33.2 Å². The summed E-state index contributed by atoms with van der Waals surface area (Å²) in [4.78, 5) is 12.4. The fraction of sp³-hybridized carbons (Fsp3) is 0.500. The molecule has 0 radical (unpaired) electrons. The van der Waals surface area contributed by atoms with Crippen LogP contribution >= 0.6 is 27.3 Å². The summed E-state index contributed by atoms with van der Waals surface area (Å²) in [7, 11) is 0. The minimum Gasteiger partial charge on any atom is -0.394 e. The maximum Gasteiger partial charge on any atom is 0.263 e. The number of thiophene rings is 1. The van der Waals surface area contributed by atoms with Gasteiger partial charge >= 0.3 is 0 Å². The topological polar surface area (TPSA) is 69.6 Å². The van der Waals surface area contributed by atoms with Crippen molar-refractivity contribution in [2.24, 2.45) is 0 Å². The third-order valence-corrected chi connectivity index (χ3v) is 4.32. The van der Waals surface area contributed by atoms with Crippen molar-refractivity contribution in [3.05, 3.63) is 20.8 Å². The Kier molecular flexibility index (Phi) is 4.91. The second-order valence-electron chi connectivity index (χ2n) is 3.50. The zero-order valence-corrected chi connectivity index (χ0v) is 11.3. The molecule has 0 unspecified atom stereocenters. The molecule has 1 aromatic rings. The first-order valence-electron chi connectivity index (χ1n) is 4.86. The number of aliphatic hydroxyl groups is 2. The van der Waals surface area contributed by atoms with Gasteiger partial charge in [-0.05, 0) is 33.8 Å². The third-order valence-electron chi connectivity index (χ3n) is 2.48. The van der Waals surface area contributed by atoms with Gasteiger partial charge in [0.2, 0.25) is 0 Å². The van der Waals surface area contributed by atoms with Crippen molar-refractivity contribution in [2.75, 3.05) is 13.2 Å². The van der Waals surface area contributed by atoms with E-state index in [4.69, 9.17) is 0 Å². The van der Waals surface area contributed by atoms with Crippen molar-refractivity contribution in [2.45, 2.75) is 18.9 Å². The van der Waals surface area contributed by atoms with Crippen LogP contribution in [-0.2, 0) is 0 Å². The Morgan fingerprint density at radius 2 is 2.19 bits per heavy atom. The summed E-state index contributed by atoms with van der Waals surface area (Å²) in [5, 5.41) is 22.9. The van der Waals surface area contributed by atoms with Crippen molar-refractivity contribution < 1.29 is 15.0 Å². The minimum absolute atomic E-state index is 0.283. The summed E-state index contributed by atoms with van der Waals surface area (Å²) in [6, 6.07) is 1.78. The summed E-state index contributed by atoms with van der Waals surface area (Å²) in [6.45, 7) is 1.24. The molecule has 16 heavy (non-hydrogen) atoms. The van der Waals surface area contributed by atoms with Gasteiger partial charge in [0, 0.05) is 4.47 Å². The average Bonchev–Trinajstić information content (AvgIpc) is 2.72. The lowest BCUT2D eigenvalue weighted by Crippen LogP contribution is -2.53. The van der Waals surface area contributed by atoms with E-state index in [2.05, 4.69) is 21.2 Å². The first-order valence-corrected chi connectivity index (χ1v) is 6.53. The highest BCUT2D eigenvalue weighted by atomic mass is 79.9. The molecule has 4 nitrogen and oxygen atoms in total. The smallest absolute Gasteiger partial charge is 0.263 e. The van der Waals surface area contributed by atoms with Crippen LogP contribution in [0.1, 0.15) is 23.0 Å². The monoisotopic (exact) mass is 307 g/mol. The van der Waals surface area contributed by atoms with Gasteiger partial charge in [0.25, 0.3) is 5.91 Å². The molecule has 0 aliphatic rings. The maximum atomic E-state index is 11.9. The lowest BCUT2D eigenvalue weighted by molar-refractivity contribution is 0.0655. The SMILES string of the molecule is CCC(CO)(CO)NC(=O)c1sccc1Br. The average molecular weight is 308 g/mol. The molecule has 0 spiro atoms. The maximum absolute atomic E-state index is 11.9. The zero-order valence-electron chi connectivity index (χ0n) is 8.86. The number of nitrogens with one attached hydrogen (secondary N) is 1. The second kappa shape index (κ2) is 5.77. The third kappa shape index (κ3) is 2.82. The van der Waals surface area contributed by atoms with Crippen LogP contribution < -0.4 is 5.32 Å². The molecule has 0 aromatic carbocycles. The van der Waals surface area contributed by atoms with E-state index in [1.54, 1.807) is 18.4 Å². The molecular formula is C10H14BrNO3S. The van der Waals surface area contributed by atoms with Crippen molar-refractivity contribution in [1.82, 2.24) is 5.32 Å². The number of hydrogen-bond acceptors (Lipinski definition) is 4. The Hall–Kier alpha value is -0.430. The second-order valence-corrected chi connectivity index (χ2v) is 5.27. The molecule has 1 aromatic heterocycles. The van der Waals surface area contributed by atoms with E-state index in [-0.39, 0.29) is 19.1 Å². The summed E-state index contributed by atoms with van der Waals surface area (Å²) in [5.41, 5.74) is -0.944. The molecule has 0 atom stereocenters. The molecule has 0 saturated carbocycles. The first-order chi connectivity index (χ1) is 7.58. The molecule has 0 bridgehead atoms. The summed E-state index contributed by atoms with van der Waals surface area (Å²) in [6.07, 6.45) is 0.467. The fourth-order valence-electron chi connectivity index (χ4n) is 1.19. The van der Waals surface area contributed by atoms with Crippen molar-refractivity contribution in [1.29, 1.82) is 0 Å². The van der Waals surface area contributed by atoms with Crippen molar-refractivity contribution in [3.63, 3.8) is 0 Å². The van der Waals surface area contributed by atoms with Crippen LogP contribution in [-0.4, -0.2) is 34.9 Å². The Labute approximate surface area is 106 Å². The summed E-state index contributed by atoms with van der Waals surface area (Å²) in [5.74, 6) is -0.285. The van der Waals surface area contributed by atoms with E-state index in [0.717, 1.165) is 4.47 Å². The van der Waals surface area contributed by atoms with Crippen LogP contribution in [0.4, 0.5) is 0 Å². The van der Waals surface area contributed by atoms with E-state index < -0.39 is 5.54 Å². The quantitative estimate of drug-likeness (QED) is 0.769. The molecule has 1 heterocycles. The van der Waals surface area contributed by atoms with Crippen LogP contribution in [0, 0.1) is 0 Å². The number of carbonyl (C=O) groups excluding carboxylic acids is 1. The van der Waals surface area contributed by atoms with Crippen LogP contribution in [0.2, 0.25) is 0 Å². The van der Waals surface area contributed by atoms with Crippen LogP contribution in [0.5, 0.6) is 0 Å². The fourth-order valence-corrected chi connectivity index (χ4v) is 2.64. The molecular weight excluding hydrogens is 294 g/mol. The number of halogens is 1. The molecule has 6 heteroatoms. The Morgan fingerprint density at radius 3 is 2.56 bits per heavy atom. The van der Waals surface area contributed by atoms with Crippen LogP contribution in [0.3, 0.4) is 0 Å². The van der Waals surface area contributed by atoms with Gasteiger partial charge in [-0.2, -0.15) is 0 Å². The van der Waals surface area contributed by atoms with Crippen molar-refractivity contribution in [3.8, 4) is 0 Å². The van der Waals surface area contributed by atoms with E-state index in [1.807, 2.05) is 0 Å². The van der Waals surface area contributed by atoms with Gasteiger partial charge < -0.3 is 15.5 Å². The van der Waals surface area contributed by atoms with Crippen LogP contribution in [0.25, 0.3) is 0 Å². The predicted octanol–water partition coefficient (Wildman–Crippen LogP) is 1.37. The Morgan fingerprint density at radius 1 is 1.56 bits per heavy atom. The molecule has 0 fully saturated rings. The Balaban J connectivity index is 2.81. The van der Waals surface area contributed by atoms with Gasteiger partial charge in [-0.25, -0.2) is 0 Å². The Bertz CT molecular complexity index is 354. The largest absolute Gasteiger partial charge is 0.394 e. The molecule has 0 aliphatic carbocycles. The van der Waals surface area contributed by atoms with E-state index in [1.165, 1.54) is 11.3 Å². The molecule has 1 amide bonds. The number of aliphatic hydroxyl groups excluding tert-OH is 2. The van der Waals surface area contributed by atoms with Crippen LogP contribution in [0.15, 0.2) is 15.9 Å².